The number of anilines is 1. The molecular weight excluding hydrogens is 420 g/mol. The number of guanidine groups is 1. The summed E-state index contributed by atoms with van der Waals surface area (Å²) in [6.07, 6.45) is 3.47. The van der Waals surface area contributed by atoms with Crippen molar-refractivity contribution in [3.8, 4) is 0 Å². The number of aliphatic imine (C=N–C) groups is 1. The van der Waals surface area contributed by atoms with E-state index in [9.17, 15) is 4.39 Å². The van der Waals surface area contributed by atoms with Gasteiger partial charge in [-0.1, -0.05) is 12.1 Å². The average Bonchev–Trinajstić information content (AvgIpc) is 3.01. The maximum Gasteiger partial charge on any atom is 0.193 e. The Labute approximate surface area is 158 Å². The van der Waals surface area contributed by atoms with Crippen LogP contribution in [0.2, 0.25) is 0 Å². The Morgan fingerprint density at radius 2 is 1.96 bits per heavy atom. The molecule has 0 unspecified atom stereocenters. The van der Waals surface area contributed by atoms with Crippen LogP contribution in [-0.4, -0.2) is 11.1 Å². The molecule has 0 amide bonds. The Balaban J connectivity index is 0.00000208. The number of halogens is 2. The molecule has 0 aliphatic heterocycles. The second-order valence-electron chi connectivity index (χ2n) is 5.75. The minimum absolute atomic E-state index is 0. The van der Waals surface area contributed by atoms with Gasteiger partial charge in [-0.25, -0.2) is 9.38 Å². The molecule has 1 aliphatic carbocycles. The van der Waals surface area contributed by atoms with E-state index in [0.29, 0.717) is 12.5 Å². The molecule has 4 nitrogen and oxygen atoms in total. The van der Waals surface area contributed by atoms with Crippen molar-refractivity contribution in [1.82, 2.24) is 0 Å². The van der Waals surface area contributed by atoms with E-state index >= 15 is 0 Å². The zero-order chi connectivity index (χ0) is 16.2. The molecule has 0 saturated carbocycles. The zero-order valence-corrected chi connectivity index (χ0v) is 15.6. The number of fused-ring (bicyclic) bond motifs is 1. The summed E-state index contributed by atoms with van der Waals surface area (Å²) in [7, 11) is 0. The molecular formula is C18H21FIN3O. The third kappa shape index (κ3) is 4.45. The van der Waals surface area contributed by atoms with E-state index in [1.807, 2.05) is 6.07 Å². The quantitative estimate of drug-likeness (QED) is 0.387. The number of benzene rings is 2. The number of rotatable bonds is 4. The third-order valence-electron chi connectivity index (χ3n) is 4.08. The third-order valence-corrected chi connectivity index (χ3v) is 4.08. The molecule has 6 heteroatoms. The first kappa shape index (κ1) is 18.7. The second-order valence-corrected chi connectivity index (χ2v) is 5.75. The van der Waals surface area contributed by atoms with Gasteiger partial charge in [-0.15, -0.1) is 24.0 Å². The van der Waals surface area contributed by atoms with Crippen LogP contribution in [0.1, 0.15) is 28.7 Å². The van der Waals surface area contributed by atoms with E-state index in [0.717, 1.165) is 24.1 Å². The lowest BCUT2D eigenvalue weighted by Crippen LogP contribution is -2.22. The monoisotopic (exact) mass is 441 g/mol. The highest BCUT2D eigenvalue weighted by Crippen LogP contribution is 2.24. The molecule has 0 fully saturated rings. The first-order chi connectivity index (χ1) is 11.2. The van der Waals surface area contributed by atoms with Crippen LogP contribution in [-0.2, 0) is 26.0 Å². The first-order valence-corrected chi connectivity index (χ1v) is 7.72. The van der Waals surface area contributed by atoms with Gasteiger partial charge in [0.05, 0.1) is 13.2 Å². The maximum atomic E-state index is 13.3. The maximum absolute atomic E-state index is 13.3. The lowest BCUT2D eigenvalue weighted by atomic mass is 10.1. The molecule has 0 saturated heterocycles. The summed E-state index contributed by atoms with van der Waals surface area (Å²) in [6, 6.07) is 10.8. The molecule has 0 aromatic heterocycles. The van der Waals surface area contributed by atoms with Crippen molar-refractivity contribution in [3.05, 3.63) is 64.5 Å². The summed E-state index contributed by atoms with van der Waals surface area (Å²) in [5.41, 5.74) is 10.7. The van der Waals surface area contributed by atoms with Crippen LogP contribution in [0.25, 0.3) is 0 Å². The first-order valence-electron chi connectivity index (χ1n) is 7.72. The fourth-order valence-corrected chi connectivity index (χ4v) is 2.86. The van der Waals surface area contributed by atoms with Gasteiger partial charge in [0.2, 0.25) is 0 Å². The van der Waals surface area contributed by atoms with Gasteiger partial charge in [-0.05, 0) is 60.2 Å². The number of hydrogen-bond acceptors (Lipinski definition) is 2. The van der Waals surface area contributed by atoms with Crippen LogP contribution in [0.3, 0.4) is 0 Å². The van der Waals surface area contributed by atoms with Crippen molar-refractivity contribution >= 4 is 35.6 Å². The Kier molecular flexibility index (Phi) is 6.56. The highest BCUT2D eigenvalue weighted by Gasteiger charge is 2.10. The molecule has 0 bridgehead atoms. The van der Waals surface area contributed by atoms with Gasteiger partial charge in [0.25, 0.3) is 0 Å². The van der Waals surface area contributed by atoms with Crippen molar-refractivity contribution in [3.63, 3.8) is 0 Å². The molecule has 1 aliphatic rings. The summed E-state index contributed by atoms with van der Waals surface area (Å²) >= 11 is 0. The van der Waals surface area contributed by atoms with E-state index in [1.54, 1.807) is 12.1 Å². The van der Waals surface area contributed by atoms with Gasteiger partial charge >= 0.3 is 0 Å². The molecule has 24 heavy (non-hydrogen) atoms. The van der Waals surface area contributed by atoms with E-state index in [1.165, 1.54) is 23.6 Å². The summed E-state index contributed by atoms with van der Waals surface area (Å²) in [6.45, 7) is 0.00327. The smallest absolute Gasteiger partial charge is 0.193 e. The fraction of sp³-hybridized carbons (Fsp3) is 0.278. The van der Waals surface area contributed by atoms with Crippen molar-refractivity contribution in [2.24, 2.45) is 10.7 Å². The number of nitrogens with zero attached hydrogens (tertiary/aromatic N) is 1. The van der Waals surface area contributed by atoms with E-state index in [4.69, 9.17) is 10.8 Å². The lowest BCUT2D eigenvalue weighted by Gasteiger charge is -2.08. The molecule has 2 aromatic rings. The largest absolute Gasteiger partial charge is 0.392 e. The standard InChI is InChI=1S/C18H20FN3O.HI/c19-17-7-4-12(8-15(17)11-23)10-21-18(20)22-16-6-5-13-2-1-3-14(13)9-16;/h4-9,23H,1-3,10-11H2,(H3,20,21,22);1H. The van der Waals surface area contributed by atoms with Crippen LogP contribution < -0.4 is 11.1 Å². The van der Waals surface area contributed by atoms with Crippen LogP contribution in [0.5, 0.6) is 0 Å². The van der Waals surface area contributed by atoms with E-state index in [-0.39, 0.29) is 36.1 Å². The zero-order valence-electron chi connectivity index (χ0n) is 13.3. The number of hydrogen-bond donors (Lipinski definition) is 3. The molecule has 128 valence electrons. The van der Waals surface area contributed by atoms with Gasteiger partial charge in [0, 0.05) is 11.3 Å². The summed E-state index contributed by atoms with van der Waals surface area (Å²) < 4.78 is 13.3. The minimum atomic E-state index is -0.413. The van der Waals surface area contributed by atoms with Gasteiger partial charge < -0.3 is 16.2 Å². The van der Waals surface area contributed by atoms with Crippen molar-refractivity contribution in [2.45, 2.75) is 32.4 Å². The van der Waals surface area contributed by atoms with Crippen molar-refractivity contribution < 1.29 is 9.50 Å². The van der Waals surface area contributed by atoms with Gasteiger partial charge in [-0.3, -0.25) is 0 Å². The van der Waals surface area contributed by atoms with Crippen LogP contribution in [0, 0.1) is 5.82 Å². The van der Waals surface area contributed by atoms with Crippen LogP contribution in [0.15, 0.2) is 41.4 Å². The highest BCUT2D eigenvalue weighted by molar-refractivity contribution is 14.0. The summed E-state index contributed by atoms with van der Waals surface area (Å²) in [5, 5.41) is 12.2. The average molecular weight is 441 g/mol. The molecule has 4 N–H and O–H groups in total. The van der Waals surface area contributed by atoms with Crippen LogP contribution in [0.4, 0.5) is 10.1 Å². The van der Waals surface area contributed by atoms with Crippen LogP contribution >= 0.6 is 24.0 Å². The lowest BCUT2D eigenvalue weighted by molar-refractivity contribution is 0.275. The highest BCUT2D eigenvalue weighted by atomic mass is 127. The molecule has 3 rings (SSSR count). The van der Waals surface area contributed by atoms with Crippen molar-refractivity contribution in [1.29, 1.82) is 0 Å². The number of aliphatic hydroxyl groups excluding tert-OH is 1. The summed E-state index contributed by atoms with van der Waals surface area (Å²) in [4.78, 5) is 4.27. The Morgan fingerprint density at radius 1 is 1.17 bits per heavy atom. The van der Waals surface area contributed by atoms with E-state index < -0.39 is 5.82 Å². The SMILES string of the molecule is I.NC(=NCc1ccc(F)c(CO)c1)Nc1ccc2c(c1)CCC2. The van der Waals surface area contributed by atoms with E-state index in [2.05, 4.69) is 22.4 Å². The van der Waals surface area contributed by atoms with Gasteiger partial charge in [0.1, 0.15) is 5.82 Å². The van der Waals surface area contributed by atoms with Gasteiger partial charge in [0.15, 0.2) is 5.96 Å². The molecule has 0 spiro atoms. The Hall–Kier alpha value is -1.67. The summed E-state index contributed by atoms with van der Waals surface area (Å²) in [5.74, 6) is -0.0951. The number of nitrogens with one attached hydrogen (secondary N) is 1. The molecule has 0 radical (unpaired) electrons. The predicted molar refractivity (Wildman–Crippen MR) is 105 cm³/mol. The molecule has 2 aromatic carbocycles. The van der Waals surface area contributed by atoms with Crippen molar-refractivity contribution in [2.75, 3.05) is 5.32 Å². The predicted octanol–water partition coefficient (Wildman–Crippen LogP) is 3.35. The molecule has 0 heterocycles. The fourth-order valence-electron chi connectivity index (χ4n) is 2.86. The minimum Gasteiger partial charge on any atom is -0.392 e. The Morgan fingerprint density at radius 3 is 2.75 bits per heavy atom. The number of aryl methyl sites for hydroxylation is 2. The Bertz CT molecular complexity index is 749. The van der Waals surface area contributed by atoms with Gasteiger partial charge in [-0.2, -0.15) is 0 Å². The topological polar surface area (TPSA) is 70.6 Å². The normalized spacial score (nSPS) is 13.3. The number of aliphatic hydroxyl groups is 1. The number of nitrogens with two attached hydrogens (primary N) is 1. The second kappa shape index (κ2) is 8.43. The molecule has 0 atom stereocenters.